The van der Waals surface area contributed by atoms with E-state index in [4.69, 9.17) is 0 Å². The Hall–Kier alpha value is -1.53. The molecule has 1 heterocycles. The van der Waals surface area contributed by atoms with Crippen molar-refractivity contribution in [2.75, 3.05) is 11.5 Å². The number of H-pyrrole nitrogens is 1. The lowest BCUT2D eigenvalue weighted by Gasteiger charge is -2.21. The molecule has 1 atom stereocenters. The maximum absolute atomic E-state index is 11.0. The van der Waals surface area contributed by atoms with E-state index >= 15 is 0 Å². The molecule has 0 aliphatic carbocycles. The molecule has 21 heavy (non-hydrogen) atoms. The standard InChI is InChI=1S/C15H20N2O3S/c1-4-21-9-15(3,18)8-12-6-11-7-14(17(19)20)10(2)5-13(11)16-12/h5-7,16,18H,4,8-9H2,1-3H3. The maximum Gasteiger partial charge on any atom is 0.273 e. The Kier molecular flexibility index (Phi) is 4.58. The van der Waals surface area contributed by atoms with Crippen LogP contribution in [0.4, 0.5) is 5.69 Å². The van der Waals surface area contributed by atoms with Crippen molar-refractivity contribution in [1.29, 1.82) is 0 Å². The predicted octanol–water partition coefficient (Wildman–Crippen LogP) is 3.43. The number of rotatable bonds is 6. The van der Waals surface area contributed by atoms with Crippen molar-refractivity contribution in [3.63, 3.8) is 0 Å². The number of fused-ring (bicyclic) bond motifs is 1. The molecule has 0 saturated carbocycles. The Morgan fingerprint density at radius 3 is 2.76 bits per heavy atom. The lowest BCUT2D eigenvalue weighted by molar-refractivity contribution is -0.385. The van der Waals surface area contributed by atoms with Gasteiger partial charge in [-0.1, -0.05) is 6.92 Å². The quantitative estimate of drug-likeness (QED) is 0.633. The Balaban J connectivity index is 2.29. The van der Waals surface area contributed by atoms with E-state index < -0.39 is 5.60 Å². The van der Waals surface area contributed by atoms with Gasteiger partial charge in [0.15, 0.2) is 0 Å². The van der Waals surface area contributed by atoms with Crippen LogP contribution in [0.15, 0.2) is 18.2 Å². The molecule has 2 N–H and O–H groups in total. The van der Waals surface area contributed by atoms with Gasteiger partial charge in [-0.05, 0) is 31.7 Å². The summed E-state index contributed by atoms with van der Waals surface area (Å²) >= 11 is 1.70. The van der Waals surface area contributed by atoms with Crippen LogP contribution in [0.2, 0.25) is 0 Å². The molecule has 0 fully saturated rings. The van der Waals surface area contributed by atoms with Crippen LogP contribution < -0.4 is 0 Å². The third kappa shape index (κ3) is 3.77. The molecule has 0 saturated heterocycles. The number of aliphatic hydroxyl groups is 1. The number of nitrogens with zero attached hydrogens (tertiary/aromatic N) is 1. The van der Waals surface area contributed by atoms with Gasteiger partial charge in [0.1, 0.15) is 0 Å². The summed E-state index contributed by atoms with van der Waals surface area (Å²) in [6.45, 7) is 5.60. The van der Waals surface area contributed by atoms with Crippen molar-refractivity contribution in [2.45, 2.75) is 32.8 Å². The van der Waals surface area contributed by atoms with Crippen molar-refractivity contribution in [3.05, 3.63) is 39.6 Å². The number of nitrogens with one attached hydrogen (secondary N) is 1. The topological polar surface area (TPSA) is 79.2 Å². The summed E-state index contributed by atoms with van der Waals surface area (Å²) in [5, 5.41) is 22.2. The van der Waals surface area contributed by atoms with Gasteiger partial charge in [-0.25, -0.2) is 0 Å². The zero-order valence-corrected chi connectivity index (χ0v) is 13.3. The highest BCUT2D eigenvalue weighted by Gasteiger charge is 2.22. The molecule has 0 bridgehead atoms. The fourth-order valence-electron chi connectivity index (χ4n) is 2.41. The van der Waals surface area contributed by atoms with Gasteiger partial charge in [-0.15, -0.1) is 0 Å². The average Bonchev–Trinajstić information content (AvgIpc) is 2.75. The summed E-state index contributed by atoms with van der Waals surface area (Å²) < 4.78 is 0. The molecule has 1 aromatic carbocycles. The zero-order valence-electron chi connectivity index (χ0n) is 12.5. The number of aryl methyl sites for hydroxylation is 1. The average molecular weight is 308 g/mol. The highest BCUT2D eigenvalue weighted by atomic mass is 32.2. The highest BCUT2D eigenvalue weighted by molar-refractivity contribution is 7.99. The molecule has 5 nitrogen and oxygen atoms in total. The molecular weight excluding hydrogens is 288 g/mol. The van der Waals surface area contributed by atoms with E-state index in [0.717, 1.165) is 22.3 Å². The summed E-state index contributed by atoms with van der Waals surface area (Å²) in [5.41, 5.74) is 1.73. The SMILES string of the molecule is CCSCC(C)(O)Cc1cc2cc([N+](=O)[O-])c(C)cc2[nH]1. The number of hydrogen-bond acceptors (Lipinski definition) is 4. The summed E-state index contributed by atoms with van der Waals surface area (Å²) in [6.07, 6.45) is 0.502. The lowest BCUT2D eigenvalue weighted by Crippen LogP contribution is -2.30. The predicted molar refractivity (Wildman–Crippen MR) is 87.0 cm³/mol. The summed E-state index contributed by atoms with van der Waals surface area (Å²) in [5.74, 6) is 1.63. The lowest BCUT2D eigenvalue weighted by atomic mass is 10.0. The van der Waals surface area contributed by atoms with Gasteiger partial charge in [0.05, 0.1) is 10.5 Å². The van der Waals surface area contributed by atoms with E-state index in [2.05, 4.69) is 11.9 Å². The normalized spacial score (nSPS) is 14.3. The van der Waals surface area contributed by atoms with Gasteiger partial charge >= 0.3 is 0 Å². The second-order valence-corrected chi connectivity index (χ2v) is 6.86. The van der Waals surface area contributed by atoms with Crippen LogP contribution in [-0.2, 0) is 6.42 Å². The van der Waals surface area contributed by atoms with E-state index in [1.807, 2.05) is 13.0 Å². The van der Waals surface area contributed by atoms with Gasteiger partial charge in [0, 0.05) is 40.4 Å². The fraction of sp³-hybridized carbons (Fsp3) is 0.467. The largest absolute Gasteiger partial charge is 0.389 e. The van der Waals surface area contributed by atoms with Gasteiger partial charge in [-0.2, -0.15) is 11.8 Å². The minimum atomic E-state index is -0.789. The van der Waals surface area contributed by atoms with Crippen molar-refractivity contribution < 1.29 is 10.0 Å². The monoisotopic (exact) mass is 308 g/mol. The minimum Gasteiger partial charge on any atom is -0.389 e. The van der Waals surface area contributed by atoms with E-state index in [9.17, 15) is 15.2 Å². The Labute approximate surface area is 127 Å². The Bertz CT molecular complexity index is 664. The number of hydrogen-bond donors (Lipinski definition) is 2. The molecule has 0 aliphatic rings. The molecular formula is C15H20N2O3S. The van der Waals surface area contributed by atoms with Gasteiger partial charge in [-0.3, -0.25) is 10.1 Å². The van der Waals surface area contributed by atoms with Crippen LogP contribution in [0.25, 0.3) is 10.9 Å². The minimum absolute atomic E-state index is 0.126. The number of benzene rings is 1. The molecule has 0 aliphatic heterocycles. The summed E-state index contributed by atoms with van der Waals surface area (Å²) in [7, 11) is 0. The molecule has 0 amide bonds. The van der Waals surface area contributed by atoms with Crippen LogP contribution >= 0.6 is 11.8 Å². The van der Waals surface area contributed by atoms with Gasteiger partial charge in [0.25, 0.3) is 5.69 Å². The Morgan fingerprint density at radius 1 is 1.43 bits per heavy atom. The number of aromatic amines is 1. The number of nitro benzene ring substituents is 1. The van der Waals surface area contributed by atoms with Crippen LogP contribution in [0.3, 0.4) is 0 Å². The number of thioether (sulfide) groups is 1. The first-order valence-corrected chi connectivity index (χ1v) is 8.04. The molecule has 2 rings (SSSR count). The molecule has 0 radical (unpaired) electrons. The highest BCUT2D eigenvalue weighted by Crippen LogP contribution is 2.27. The second kappa shape index (κ2) is 6.07. The molecule has 114 valence electrons. The fourth-order valence-corrected chi connectivity index (χ4v) is 3.16. The summed E-state index contributed by atoms with van der Waals surface area (Å²) in [4.78, 5) is 13.8. The summed E-state index contributed by atoms with van der Waals surface area (Å²) in [6, 6.07) is 5.25. The van der Waals surface area contributed by atoms with E-state index in [1.54, 1.807) is 30.8 Å². The molecule has 2 aromatic rings. The molecule has 1 aromatic heterocycles. The van der Waals surface area contributed by atoms with Crippen LogP contribution in [0, 0.1) is 17.0 Å². The van der Waals surface area contributed by atoms with Gasteiger partial charge < -0.3 is 10.1 Å². The first-order chi connectivity index (χ1) is 9.82. The zero-order chi connectivity index (χ0) is 15.6. The van der Waals surface area contributed by atoms with E-state index in [0.29, 0.717) is 17.7 Å². The maximum atomic E-state index is 11.0. The first kappa shape index (κ1) is 15.9. The van der Waals surface area contributed by atoms with Crippen molar-refractivity contribution in [2.24, 2.45) is 0 Å². The third-order valence-electron chi connectivity index (χ3n) is 3.38. The number of aromatic nitrogens is 1. The van der Waals surface area contributed by atoms with E-state index in [1.165, 1.54) is 0 Å². The smallest absolute Gasteiger partial charge is 0.273 e. The third-order valence-corrected chi connectivity index (χ3v) is 4.61. The van der Waals surface area contributed by atoms with Crippen LogP contribution in [-0.4, -0.2) is 32.1 Å². The van der Waals surface area contributed by atoms with Crippen molar-refractivity contribution in [3.8, 4) is 0 Å². The van der Waals surface area contributed by atoms with Gasteiger partial charge in [0.2, 0.25) is 0 Å². The first-order valence-electron chi connectivity index (χ1n) is 6.89. The van der Waals surface area contributed by atoms with Crippen molar-refractivity contribution >= 4 is 28.4 Å². The molecule has 1 unspecified atom stereocenters. The van der Waals surface area contributed by atoms with E-state index in [-0.39, 0.29) is 10.6 Å². The van der Waals surface area contributed by atoms with Crippen molar-refractivity contribution in [1.82, 2.24) is 4.98 Å². The molecule has 0 spiro atoms. The Morgan fingerprint density at radius 2 is 2.14 bits per heavy atom. The van der Waals surface area contributed by atoms with Crippen LogP contribution in [0.5, 0.6) is 0 Å². The van der Waals surface area contributed by atoms with Crippen LogP contribution in [0.1, 0.15) is 25.1 Å². The second-order valence-electron chi connectivity index (χ2n) is 5.59. The molecule has 6 heteroatoms. The number of nitro groups is 1.